The number of hydrazone groups is 1. The minimum absolute atomic E-state index is 0.136. The molecule has 0 aliphatic rings. The first kappa shape index (κ1) is 13.2. The van der Waals surface area contributed by atoms with E-state index in [1.165, 1.54) is 6.07 Å². The number of aromatic carboxylic acids is 1. The summed E-state index contributed by atoms with van der Waals surface area (Å²) in [4.78, 5) is 10.9. The van der Waals surface area contributed by atoms with Crippen molar-refractivity contribution in [2.24, 2.45) is 10.8 Å². The van der Waals surface area contributed by atoms with Crippen LogP contribution in [0.15, 0.2) is 23.3 Å². The number of hydrogen-bond donors (Lipinski definition) is 4. The Bertz CT molecular complexity index is 571. The van der Waals surface area contributed by atoms with Gasteiger partial charge in [0, 0.05) is 0 Å². The van der Waals surface area contributed by atoms with Crippen LogP contribution in [0.4, 0.5) is 5.69 Å². The third-order valence-electron chi connectivity index (χ3n) is 2.21. The van der Waals surface area contributed by atoms with Gasteiger partial charge in [-0.25, -0.2) is 4.79 Å². The van der Waals surface area contributed by atoms with Crippen molar-refractivity contribution in [3.63, 3.8) is 0 Å². The van der Waals surface area contributed by atoms with Gasteiger partial charge in [0.15, 0.2) is 5.84 Å². The van der Waals surface area contributed by atoms with Crippen LogP contribution >= 0.6 is 0 Å². The summed E-state index contributed by atoms with van der Waals surface area (Å²) in [6.45, 7) is 1.61. The lowest BCUT2D eigenvalue weighted by Crippen LogP contribution is -2.22. The van der Waals surface area contributed by atoms with Gasteiger partial charge in [-0.1, -0.05) is 6.07 Å². The molecule has 0 saturated heterocycles. The highest BCUT2D eigenvalue weighted by molar-refractivity contribution is 6.45. The first-order chi connectivity index (χ1) is 8.47. The number of nitriles is 1. The Morgan fingerprint density at radius 2 is 2.28 bits per heavy atom. The zero-order valence-corrected chi connectivity index (χ0v) is 9.56. The maximum atomic E-state index is 10.9. The molecule has 0 atom stereocenters. The normalized spacial score (nSPS) is 10.6. The summed E-state index contributed by atoms with van der Waals surface area (Å²) in [6.07, 6.45) is 0. The van der Waals surface area contributed by atoms with Crippen LogP contribution in [0.3, 0.4) is 0 Å². The van der Waals surface area contributed by atoms with Gasteiger partial charge in [0.05, 0.1) is 11.3 Å². The van der Waals surface area contributed by atoms with Gasteiger partial charge in [-0.15, -0.1) is 0 Å². The first-order valence-electron chi connectivity index (χ1n) is 4.88. The maximum Gasteiger partial charge on any atom is 0.336 e. The third kappa shape index (κ3) is 2.82. The molecule has 7 heteroatoms. The van der Waals surface area contributed by atoms with Crippen molar-refractivity contribution in [3.8, 4) is 6.07 Å². The number of amidine groups is 1. The number of nitrogens with one attached hydrogen (secondary N) is 2. The summed E-state index contributed by atoms with van der Waals surface area (Å²) in [6, 6.07) is 6.27. The summed E-state index contributed by atoms with van der Waals surface area (Å²) >= 11 is 0. The molecule has 5 N–H and O–H groups in total. The van der Waals surface area contributed by atoms with E-state index >= 15 is 0 Å². The Hall–Kier alpha value is -2.88. The molecule has 0 unspecified atom stereocenters. The summed E-state index contributed by atoms with van der Waals surface area (Å²) in [5, 5.41) is 28.3. The Morgan fingerprint density at radius 3 is 2.78 bits per heavy atom. The van der Waals surface area contributed by atoms with Crippen LogP contribution in [-0.4, -0.2) is 22.6 Å². The minimum Gasteiger partial charge on any atom is -0.478 e. The van der Waals surface area contributed by atoms with Crippen LogP contribution in [-0.2, 0) is 0 Å². The van der Waals surface area contributed by atoms with Gasteiger partial charge in [-0.05, 0) is 24.6 Å². The predicted molar refractivity (Wildman–Crippen MR) is 66.7 cm³/mol. The molecule has 0 radical (unpaired) electrons. The number of anilines is 1. The second-order valence-corrected chi connectivity index (χ2v) is 3.38. The standard InChI is InChI=1S/C11H11N5O2/c1-6-7(11(17)18)3-2-4-8(6)15-16-9(5-12)10(13)14/h2-4,15H,1H3,(H3,13,14)(H,17,18)/b16-9+. The fraction of sp³-hybridized carbons (Fsp3) is 0.0909. The fourth-order valence-corrected chi connectivity index (χ4v) is 1.25. The number of nitrogens with zero attached hydrogens (tertiary/aromatic N) is 2. The molecule has 1 aromatic rings. The van der Waals surface area contributed by atoms with E-state index in [2.05, 4.69) is 10.5 Å². The minimum atomic E-state index is -1.05. The maximum absolute atomic E-state index is 10.9. The van der Waals surface area contributed by atoms with Gasteiger partial charge in [0.25, 0.3) is 0 Å². The van der Waals surface area contributed by atoms with E-state index < -0.39 is 11.8 Å². The quantitative estimate of drug-likeness (QED) is 0.355. The highest BCUT2D eigenvalue weighted by Gasteiger charge is 2.10. The van der Waals surface area contributed by atoms with Crippen molar-refractivity contribution in [2.75, 3.05) is 5.43 Å². The molecule has 0 aliphatic carbocycles. The zero-order valence-electron chi connectivity index (χ0n) is 9.56. The average molecular weight is 245 g/mol. The van der Waals surface area contributed by atoms with Gasteiger partial charge >= 0.3 is 5.97 Å². The summed E-state index contributed by atoms with van der Waals surface area (Å²) in [7, 11) is 0. The van der Waals surface area contributed by atoms with Gasteiger partial charge < -0.3 is 10.8 Å². The SMILES string of the molecule is Cc1c(N/N=C(\C#N)C(=N)N)cccc1C(=O)O. The number of hydrogen-bond acceptors (Lipinski definition) is 5. The Morgan fingerprint density at radius 1 is 1.61 bits per heavy atom. The van der Waals surface area contributed by atoms with E-state index in [1.54, 1.807) is 25.1 Å². The number of benzene rings is 1. The summed E-state index contributed by atoms with van der Waals surface area (Å²) < 4.78 is 0. The van der Waals surface area contributed by atoms with E-state index in [-0.39, 0.29) is 11.3 Å². The van der Waals surface area contributed by atoms with E-state index in [9.17, 15) is 4.79 Å². The highest BCUT2D eigenvalue weighted by atomic mass is 16.4. The smallest absolute Gasteiger partial charge is 0.336 e. The number of carboxylic acid groups (broad SMARTS) is 1. The third-order valence-corrected chi connectivity index (χ3v) is 2.21. The van der Waals surface area contributed by atoms with Gasteiger partial charge in [0.2, 0.25) is 5.71 Å². The molecule has 0 amide bonds. The Balaban J connectivity index is 3.07. The Labute approximate surface area is 103 Å². The second kappa shape index (κ2) is 5.45. The molecule has 0 aromatic heterocycles. The molecular formula is C11H11N5O2. The molecule has 7 nitrogen and oxygen atoms in total. The predicted octanol–water partition coefficient (Wildman–Crippen LogP) is 0.921. The van der Waals surface area contributed by atoms with Crippen molar-refractivity contribution in [3.05, 3.63) is 29.3 Å². The molecule has 0 saturated carbocycles. The van der Waals surface area contributed by atoms with Crippen molar-refractivity contribution in [1.29, 1.82) is 10.7 Å². The van der Waals surface area contributed by atoms with Crippen molar-refractivity contribution in [2.45, 2.75) is 6.92 Å². The number of carbonyl (C=O) groups is 1. The van der Waals surface area contributed by atoms with Crippen molar-refractivity contribution in [1.82, 2.24) is 0 Å². The molecule has 0 fully saturated rings. The summed E-state index contributed by atoms with van der Waals surface area (Å²) in [5.74, 6) is -1.51. The highest BCUT2D eigenvalue weighted by Crippen LogP contribution is 2.18. The zero-order chi connectivity index (χ0) is 13.7. The number of nitrogens with two attached hydrogens (primary N) is 1. The molecule has 18 heavy (non-hydrogen) atoms. The van der Waals surface area contributed by atoms with Gasteiger partial charge in [-0.2, -0.15) is 10.4 Å². The van der Waals surface area contributed by atoms with Crippen LogP contribution in [0.2, 0.25) is 0 Å². The van der Waals surface area contributed by atoms with E-state index in [0.29, 0.717) is 11.3 Å². The van der Waals surface area contributed by atoms with E-state index in [1.807, 2.05) is 0 Å². The van der Waals surface area contributed by atoms with Crippen LogP contribution in [0.1, 0.15) is 15.9 Å². The largest absolute Gasteiger partial charge is 0.478 e. The molecular weight excluding hydrogens is 234 g/mol. The number of carboxylic acids is 1. The van der Waals surface area contributed by atoms with Gasteiger partial charge in [0.1, 0.15) is 6.07 Å². The fourth-order valence-electron chi connectivity index (χ4n) is 1.25. The molecule has 0 aliphatic heterocycles. The topological polar surface area (TPSA) is 135 Å². The number of rotatable bonds is 4. The lowest BCUT2D eigenvalue weighted by molar-refractivity contribution is 0.0696. The van der Waals surface area contributed by atoms with Crippen molar-refractivity contribution >= 4 is 23.2 Å². The molecule has 0 spiro atoms. The van der Waals surface area contributed by atoms with E-state index in [4.69, 9.17) is 21.5 Å². The molecule has 1 aromatic carbocycles. The average Bonchev–Trinajstić information content (AvgIpc) is 2.31. The summed E-state index contributed by atoms with van der Waals surface area (Å²) in [5.41, 5.74) is 8.43. The second-order valence-electron chi connectivity index (χ2n) is 3.38. The first-order valence-corrected chi connectivity index (χ1v) is 4.88. The lowest BCUT2D eigenvalue weighted by Gasteiger charge is -2.07. The molecule has 92 valence electrons. The molecule has 0 heterocycles. The van der Waals surface area contributed by atoms with E-state index in [0.717, 1.165) is 0 Å². The molecule has 0 bridgehead atoms. The van der Waals surface area contributed by atoms with Crippen LogP contribution in [0.5, 0.6) is 0 Å². The van der Waals surface area contributed by atoms with Crippen LogP contribution < -0.4 is 11.2 Å². The molecule has 1 rings (SSSR count). The Kier molecular flexibility index (Phi) is 3.99. The lowest BCUT2D eigenvalue weighted by atomic mass is 10.1. The van der Waals surface area contributed by atoms with Crippen LogP contribution in [0, 0.1) is 23.7 Å². The van der Waals surface area contributed by atoms with Crippen molar-refractivity contribution < 1.29 is 9.90 Å². The van der Waals surface area contributed by atoms with Crippen LogP contribution in [0.25, 0.3) is 0 Å². The monoisotopic (exact) mass is 245 g/mol. The van der Waals surface area contributed by atoms with Gasteiger partial charge in [-0.3, -0.25) is 10.8 Å².